The molecule has 0 heterocycles. The molecule has 0 saturated heterocycles. The van der Waals surface area contributed by atoms with Gasteiger partial charge in [0.15, 0.2) is 0 Å². The summed E-state index contributed by atoms with van der Waals surface area (Å²) < 4.78 is 21.1. The summed E-state index contributed by atoms with van der Waals surface area (Å²) in [5.41, 5.74) is 0. The van der Waals surface area contributed by atoms with Crippen LogP contribution in [-0.2, 0) is 23.8 Å². The molecule has 0 bridgehead atoms. The second kappa shape index (κ2) is 9.75. The van der Waals surface area contributed by atoms with Gasteiger partial charge in [0.05, 0.1) is 12.2 Å². The molecule has 5 nitrogen and oxygen atoms in total. The van der Waals surface area contributed by atoms with E-state index in [1.807, 2.05) is 41.5 Å². The van der Waals surface area contributed by atoms with Crippen molar-refractivity contribution in [1.82, 2.24) is 0 Å². The van der Waals surface area contributed by atoms with Gasteiger partial charge in [0.25, 0.3) is 0 Å². The molecule has 0 aliphatic carbocycles. The van der Waals surface area contributed by atoms with Gasteiger partial charge in [0.1, 0.15) is 12.6 Å². The molecular formula is C12H26BO5. The summed E-state index contributed by atoms with van der Waals surface area (Å²) in [7, 11) is -1.59. The number of ether oxygens (including phenoxy) is 2. The highest BCUT2D eigenvalue weighted by atomic mass is 16.8. The van der Waals surface area contributed by atoms with E-state index < -0.39 is 19.9 Å². The Labute approximate surface area is 111 Å². The molecule has 0 rings (SSSR count). The minimum absolute atomic E-state index is 0.0102. The molecule has 0 aromatic heterocycles. The Bertz CT molecular complexity index is 181. The Kier molecular flexibility index (Phi) is 9.68. The van der Waals surface area contributed by atoms with E-state index in [1.54, 1.807) is 0 Å². The van der Waals surface area contributed by atoms with Crippen molar-refractivity contribution < 1.29 is 23.8 Å². The normalized spacial score (nSPS) is 15.2. The zero-order valence-electron chi connectivity index (χ0n) is 12.3. The number of hydrogen-bond acceptors (Lipinski definition) is 4. The molecule has 2 atom stereocenters. The van der Waals surface area contributed by atoms with E-state index in [9.17, 15) is 5.02 Å². The SMILES string of the molecule is CCC(OB([O])OC(CC)OC(C)C)OC(C)C. The average Bonchev–Trinajstić information content (AvgIpc) is 2.25. The van der Waals surface area contributed by atoms with Gasteiger partial charge in [-0.2, -0.15) is 0 Å². The average molecular weight is 261 g/mol. The molecule has 0 aliphatic heterocycles. The lowest BCUT2D eigenvalue weighted by Gasteiger charge is -2.23. The summed E-state index contributed by atoms with van der Waals surface area (Å²) in [4.78, 5) is 0. The van der Waals surface area contributed by atoms with Crippen molar-refractivity contribution in [2.24, 2.45) is 0 Å². The van der Waals surface area contributed by atoms with E-state index in [0.717, 1.165) is 0 Å². The standard InChI is InChI=1S/C12H26BO5/c1-7-11(15-9(3)4)17-13(14)18-12(8-2)16-10(5)6/h9-12H,7-8H2,1-6H3. The Hall–Kier alpha value is -0.135. The first-order chi connectivity index (χ1) is 8.38. The lowest BCUT2D eigenvalue weighted by molar-refractivity contribution is -0.168. The molecule has 0 saturated carbocycles. The zero-order valence-corrected chi connectivity index (χ0v) is 12.3. The molecule has 107 valence electrons. The first kappa shape index (κ1) is 17.9. The maximum absolute atomic E-state index is 11.6. The highest BCUT2D eigenvalue weighted by molar-refractivity contribution is 6.34. The fraction of sp³-hybridized carbons (Fsp3) is 1.00. The number of hydrogen-bond donors (Lipinski definition) is 0. The van der Waals surface area contributed by atoms with Crippen LogP contribution >= 0.6 is 0 Å². The molecule has 0 aromatic carbocycles. The van der Waals surface area contributed by atoms with Gasteiger partial charge in [-0.05, 0) is 40.5 Å². The van der Waals surface area contributed by atoms with Crippen molar-refractivity contribution in [2.75, 3.05) is 0 Å². The summed E-state index contributed by atoms with van der Waals surface area (Å²) in [6, 6.07) is 0. The van der Waals surface area contributed by atoms with Gasteiger partial charge < -0.3 is 18.8 Å². The summed E-state index contributed by atoms with van der Waals surface area (Å²) >= 11 is 0. The third-order valence-electron chi connectivity index (χ3n) is 2.04. The van der Waals surface area contributed by atoms with Crippen molar-refractivity contribution in [2.45, 2.75) is 79.2 Å². The van der Waals surface area contributed by atoms with Crippen LogP contribution in [0.2, 0.25) is 0 Å². The minimum atomic E-state index is -1.59. The molecule has 0 aliphatic rings. The maximum Gasteiger partial charge on any atom is 0.670 e. The second-order valence-corrected chi connectivity index (χ2v) is 4.61. The Balaban J connectivity index is 4.08. The molecule has 1 radical (unpaired) electrons. The first-order valence-corrected chi connectivity index (χ1v) is 6.66. The summed E-state index contributed by atoms with van der Waals surface area (Å²) in [6.07, 6.45) is 0.143. The zero-order chi connectivity index (χ0) is 14.1. The largest absolute Gasteiger partial charge is 0.670 e. The van der Waals surface area contributed by atoms with Gasteiger partial charge in [0.2, 0.25) is 0 Å². The molecule has 0 N–H and O–H groups in total. The van der Waals surface area contributed by atoms with Crippen LogP contribution in [0.3, 0.4) is 0 Å². The van der Waals surface area contributed by atoms with E-state index in [-0.39, 0.29) is 12.2 Å². The van der Waals surface area contributed by atoms with Crippen molar-refractivity contribution in [3.63, 3.8) is 0 Å². The van der Waals surface area contributed by atoms with Crippen molar-refractivity contribution in [3.05, 3.63) is 0 Å². The Morgan fingerprint density at radius 1 is 0.833 bits per heavy atom. The van der Waals surface area contributed by atoms with E-state index in [1.165, 1.54) is 0 Å². The third kappa shape index (κ3) is 8.88. The van der Waals surface area contributed by atoms with Crippen LogP contribution in [0.5, 0.6) is 0 Å². The second-order valence-electron chi connectivity index (χ2n) is 4.61. The highest BCUT2D eigenvalue weighted by Gasteiger charge is 2.28. The van der Waals surface area contributed by atoms with Gasteiger partial charge >= 0.3 is 7.32 Å². The lowest BCUT2D eigenvalue weighted by atomic mass is 10.2. The van der Waals surface area contributed by atoms with Gasteiger partial charge in [0, 0.05) is 0 Å². The van der Waals surface area contributed by atoms with E-state index in [4.69, 9.17) is 18.8 Å². The first-order valence-electron chi connectivity index (χ1n) is 6.66. The van der Waals surface area contributed by atoms with Crippen molar-refractivity contribution in [1.29, 1.82) is 0 Å². The fourth-order valence-corrected chi connectivity index (χ4v) is 1.34. The van der Waals surface area contributed by atoms with Crippen LogP contribution in [-0.4, -0.2) is 32.1 Å². The molecule has 0 amide bonds. The number of rotatable bonds is 10. The third-order valence-corrected chi connectivity index (χ3v) is 2.04. The van der Waals surface area contributed by atoms with E-state index in [0.29, 0.717) is 12.8 Å². The van der Waals surface area contributed by atoms with Crippen molar-refractivity contribution in [3.8, 4) is 0 Å². The van der Waals surface area contributed by atoms with Gasteiger partial charge in [-0.3, -0.25) is 0 Å². The fourth-order valence-electron chi connectivity index (χ4n) is 1.34. The minimum Gasteiger partial charge on any atom is -0.358 e. The lowest BCUT2D eigenvalue weighted by Crippen LogP contribution is -2.35. The molecule has 0 aromatic rings. The summed E-state index contributed by atoms with van der Waals surface area (Å²) in [5.74, 6) is 0. The van der Waals surface area contributed by atoms with Crippen LogP contribution in [0.1, 0.15) is 54.4 Å². The monoisotopic (exact) mass is 261 g/mol. The quantitative estimate of drug-likeness (QED) is 0.448. The maximum atomic E-state index is 11.6. The summed E-state index contributed by atoms with van der Waals surface area (Å²) in [5, 5.41) is 11.6. The Morgan fingerprint density at radius 3 is 1.39 bits per heavy atom. The molecule has 6 heteroatoms. The smallest absolute Gasteiger partial charge is 0.358 e. The van der Waals surface area contributed by atoms with Crippen LogP contribution < -0.4 is 0 Å². The van der Waals surface area contributed by atoms with E-state index in [2.05, 4.69) is 0 Å². The predicted molar refractivity (Wildman–Crippen MR) is 69.2 cm³/mol. The predicted octanol–water partition coefficient (Wildman–Crippen LogP) is 2.76. The van der Waals surface area contributed by atoms with Crippen LogP contribution in [0.4, 0.5) is 0 Å². The van der Waals surface area contributed by atoms with Crippen LogP contribution in [0.25, 0.3) is 0 Å². The van der Waals surface area contributed by atoms with Gasteiger partial charge in [-0.25, -0.2) is 5.02 Å². The van der Waals surface area contributed by atoms with Gasteiger partial charge in [-0.1, -0.05) is 13.8 Å². The highest BCUT2D eigenvalue weighted by Crippen LogP contribution is 2.10. The molecule has 18 heavy (non-hydrogen) atoms. The topological polar surface area (TPSA) is 56.8 Å². The summed E-state index contributed by atoms with van der Waals surface area (Å²) in [6.45, 7) is 11.4. The molecule has 0 fully saturated rings. The van der Waals surface area contributed by atoms with Gasteiger partial charge in [-0.15, -0.1) is 0 Å². The van der Waals surface area contributed by atoms with Crippen LogP contribution in [0.15, 0.2) is 0 Å². The molecule has 0 spiro atoms. The Morgan fingerprint density at radius 2 is 1.17 bits per heavy atom. The molecule has 2 unspecified atom stereocenters. The molecular weight excluding hydrogens is 235 g/mol. The van der Waals surface area contributed by atoms with Crippen molar-refractivity contribution >= 4 is 7.32 Å². The van der Waals surface area contributed by atoms with E-state index >= 15 is 0 Å². The van der Waals surface area contributed by atoms with Crippen LogP contribution in [0, 0.1) is 0 Å².